The summed E-state index contributed by atoms with van der Waals surface area (Å²) >= 11 is 0. The second-order valence-corrected chi connectivity index (χ2v) is 7.14. The van der Waals surface area contributed by atoms with Crippen molar-refractivity contribution in [2.75, 3.05) is 0 Å². The number of hydrogen-bond acceptors (Lipinski definition) is 4. The van der Waals surface area contributed by atoms with Crippen LogP contribution in [-0.4, -0.2) is 29.5 Å². The Morgan fingerprint density at radius 3 is 2.41 bits per heavy atom. The molecule has 0 radical (unpaired) electrons. The van der Waals surface area contributed by atoms with Gasteiger partial charge in [-0.25, -0.2) is 19.0 Å². The van der Waals surface area contributed by atoms with Crippen LogP contribution in [0, 0.1) is 19.7 Å². The van der Waals surface area contributed by atoms with E-state index in [1.54, 1.807) is 18.5 Å². The van der Waals surface area contributed by atoms with Gasteiger partial charge in [0.05, 0.1) is 17.1 Å². The van der Waals surface area contributed by atoms with Gasteiger partial charge in [0.15, 0.2) is 5.82 Å². The minimum absolute atomic E-state index is 0.249. The van der Waals surface area contributed by atoms with Crippen LogP contribution in [0.5, 0.6) is 0 Å². The first-order valence-corrected chi connectivity index (χ1v) is 9.61. The van der Waals surface area contributed by atoms with Crippen LogP contribution >= 0.6 is 0 Å². The van der Waals surface area contributed by atoms with Crippen molar-refractivity contribution in [3.63, 3.8) is 0 Å². The van der Waals surface area contributed by atoms with Crippen molar-refractivity contribution in [1.29, 1.82) is 0 Å². The van der Waals surface area contributed by atoms with Crippen LogP contribution in [0.15, 0.2) is 42.7 Å². The fourth-order valence-corrected chi connectivity index (χ4v) is 3.67. The average Bonchev–Trinajstić information content (AvgIpc) is 3.21. The maximum atomic E-state index is 13.3. The molecule has 0 aliphatic heterocycles. The lowest BCUT2D eigenvalue weighted by Gasteiger charge is -2.08. The highest BCUT2D eigenvalue weighted by molar-refractivity contribution is 5.64. The van der Waals surface area contributed by atoms with Crippen LogP contribution in [-0.2, 0) is 19.9 Å². The van der Waals surface area contributed by atoms with Gasteiger partial charge in [0, 0.05) is 42.0 Å². The Hall–Kier alpha value is -3.35. The first-order chi connectivity index (χ1) is 14.0. The number of aryl methyl sites for hydroxylation is 3. The molecule has 0 aliphatic carbocycles. The molecule has 4 rings (SSSR count). The molecule has 3 aromatic heterocycles. The van der Waals surface area contributed by atoms with E-state index in [9.17, 15) is 4.39 Å². The molecule has 0 bridgehead atoms. The molecule has 4 aromatic rings. The summed E-state index contributed by atoms with van der Waals surface area (Å²) in [7, 11) is 1.94. The van der Waals surface area contributed by atoms with Crippen molar-refractivity contribution < 1.29 is 4.39 Å². The zero-order valence-corrected chi connectivity index (χ0v) is 17.0. The van der Waals surface area contributed by atoms with Crippen LogP contribution in [0.25, 0.3) is 17.1 Å². The van der Waals surface area contributed by atoms with Gasteiger partial charge in [-0.1, -0.05) is 6.92 Å². The van der Waals surface area contributed by atoms with Gasteiger partial charge >= 0.3 is 0 Å². The first kappa shape index (κ1) is 19.0. The molecule has 0 unspecified atom stereocenters. The second kappa shape index (κ2) is 7.58. The number of rotatable bonds is 5. The summed E-state index contributed by atoms with van der Waals surface area (Å²) in [5, 5.41) is 9.22. The predicted molar refractivity (Wildman–Crippen MR) is 109 cm³/mol. The summed E-state index contributed by atoms with van der Waals surface area (Å²) in [6.07, 6.45) is 3.03. The maximum absolute atomic E-state index is 13.3. The van der Waals surface area contributed by atoms with E-state index in [1.165, 1.54) is 12.1 Å². The van der Waals surface area contributed by atoms with Crippen molar-refractivity contribution in [1.82, 2.24) is 29.5 Å². The quantitative estimate of drug-likeness (QED) is 0.517. The van der Waals surface area contributed by atoms with Crippen LogP contribution in [0.1, 0.15) is 35.3 Å². The number of hydrogen-bond donors (Lipinski definition) is 0. The molecule has 7 heteroatoms. The zero-order chi connectivity index (χ0) is 20.5. The Bertz CT molecular complexity index is 1160. The monoisotopic (exact) mass is 390 g/mol. The van der Waals surface area contributed by atoms with E-state index in [-0.39, 0.29) is 5.82 Å². The number of aromatic nitrogens is 6. The van der Waals surface area contributed by atoms with E-state index in [4.69, 9.17) is 5.10 Å². The van der Waals surface area contributed by atoms with Gasteiger partial charge in [-0.15, -0.1) is 0 Å². The molecular formula is C22H23FN6. The molecule has 0 aliphatic rings. The van der Waals surface area contributed by atoms with Gasteiger partial charge in [0.2, 0.25) is 0 Å². The molecule has 148 valence electrons. The van der Waals surface area contributed by atoms with E-state index < -0.39 is 0 Å². The zero-order valence-electron chi connectivity index (χ0n) is 17.0. The summed E-state index contributed by atoms with van der Waals surface area (Å²) in [6.45, 7) is 6.08. The maximum Gasteiger partial charge on any atom is 0.157 e. The van der Waals surface area contributed by atoms with Crippen LogP contribution < -0.4 is 0 Å². The van der Waals surface area contributed by atoms with E-state index in [0.717, 1.165) is 51.8 Å². The molecule has 0 atom stereocenters. The van der Waals surface area contributed by atoms with Gasteiger partial charge in [0.25, 0.3) is 0 Å². The van der Waals surface area contributed by atoms with E-state index in [2.05, 4.69) is 22.0 Å². The Balaban J connectivity index is 1.71. The van der Waals surface area contributed by atoms with Crippen LogP contribution in [0.3, 0.4) is 0 Å². The molecule has 1 aromatic carbocycles. The molecule has 29 heavy (non-hydrogen) atoms. The summed E-state index contributed by atoms with van der Waals surface area (Å²) in [4.78, 5) is 8.85. The van der Waals surface area contributed by atoms with Crippen molar-refractivity contribution in [3.8, 4) is 17.1 Å². The van der Waals surface area contributed by atoms with Gasteiger partial charge < -0.3 is 0 Å². The Morgan fingerprint density at radius 2 is 1.76 bits per heavy atom. The average molecular weight is 390 g/mol. The molecule has 6 nitrogen and oxygen atoms in total. The minimum Gasteiger partial charge on any atom is -0.271 e. The van der Waals surface area contributed by atoms with E-state index in [0.29, 0.717) is 6.42 Å². The van der Waals surface area contributed by atoms with Crippen molar-refractivity contribution in [2.45, 2.75) is 33.6 Å². The SMILES string of the molecule is CCc1c(-c2ccc(F)cc2)nn(C)c1Cc1cc(-n2nc(C)cc2C)ncn1. The highest BCUT2D eigenvalue weighted by atomic mass is 19.1. The number of nitrogens with zero attached hydrogens (tertiary/aromatic N) is 6. The smallest absolute Gasteiger partial charge is 0.157 e. The van der Waals surface area contributed by atoms with Crippen LogP contribution in [0.2, 0.25) is 0 Å². The number of halogens is 1. The molecule has 0 saturated heterocycles. The Kier molecular flexibility index (Phi) is 4.96. The highest BCUT2D eigenvalue weighted by Gasteiger charge is 2.17. The molecule has 0 saturated carbocycles. The third-order valence-corrected chi connectivity index (χ3v) is 5.03. The fraction of sp³-hybridized carbons (Fsp3) is 0.273. The third kappa shape index (κ3) is 3.68. The van der Waals surface area contributed by atoms with Gasteiger partial charge in [-0.3, -0.25) is 4.68 Å². The normalized spacial score (nSPS) is 11.2. The highest BCUT2D eigenvalue weighted by Crippen LogP contribution is 2.27. The minimum atomic E-state index is -0.249. The molecule has 0 fully saturated rings. The third-order valence-electron chi connectivity index (χ3n) is 5.03. The summed E-state index contributed by atoms with van der Waals surface area (Å²) in [5.74, 6) is 0.500. The predicted octanol–water partition coefficient (Wildman–Crippen LogP) is 3.97. The molecular weight excluding hydrogens is 367 g/mol. The van der Waals surface area contributed by atoms with E-state index >= 15 is 0 Å². The second-order valence-electron chi connectivity index (χ2n) is 7.14. The Morgan fingerprint density at radius 1 is 1.00 bits per heavy atom. The lowest BCUT2D eigenvalue weighted by atomic mass is 10.0. The summed E-state index contributed by atoms with van der Waals surface area (Å²) in [5.41, 5.74) is 6.90. The lowest BCUT2D eigenvalue weighted by Crippen LogP contribution is -2.07. The summed E-state index contributed by atoms with van der Waals surface area (Å²) in [6, 6.07) is 10.5. The topological polar surface area (TPSA) is 61.4 Å². The fourth-order valence-electron chi connectivity index (χ4n) is 3.67. The lowest BCUT2D eigenvalue weighted by molar-refractivity contribution is 0.628. The van der Waals surface area contributed by atoms with Crippen molar-refractivity contribution >= 4 is 0 Å². The van der Waals surface area contributed by atoms with Gasteiger partial charge in [-0.05, 0) is 50.6 Å². The van der Waals surface area contributed by atoms with Crippen molar-refractivity contribution in [2.24, 2.45) is 7.05 Å². The first-order valence-electron chi connectivity index (χ1n) is 9.61. The van der Waals surface area contributed by atoms with Crippen LogP contribution in [0.4, 0.5) is 4.39 Å². The molecule has 0 N–H and O–H groups in total. The number of benzene rings is 1. The molecule has 0 amide bonds. The largest absolute Gasteiger partial charge is 0.271 e. The van der Waals surface area contributed by atoms with Crippen molar-refractivity contribution in [3.05, 3.63) is 76.9 Å². The Labute approximate surface area is 169 Å². The van der Waals surface area contributed by atoms with E-state index in [1.807, 2.05) is 42.4 Å². The summed E-state index contributed by atoms with van der Waals surface area (Å²) < 4.78 is 17.0. The molecule has 0 spiro atoms. The van der Waals surface area contributed by atoms with Gasteiger partial charge in [0.1, 0.15) is 12.1 Å². The molecule has 3 heterocycles. The standard InChI is InChI=1S/C22H23FN6/c1-5-19-20(28(4)27-22(19)16-6-8-17(23)9-7-16)11-18-12-21(25-13-24-18)29-15(3)10-14(2)26-29/h6-10,12-13H,5,11H2,1-4H3. The van der Waals surface area contributed by atoms with Gasteiger partial charge in [-0.2, -0.15) is 10.2 Å².